The van der Waals surface area contributed by atoms with Crippen molar-refractivity contribution >= 4 is 34.8 Å². The molecule has 0 N–H and O–H groups in total. The molecule has 3 aromatic rings. The minimum Gasteiger partial charge on any atom is -0.465 e. The summed E-state index contributed by atoms with van der Waals surface area (Å²) >= 11 is 12.1. The van der Waals surface area contributed by atoms with Crippen LogP contribution in [0, 0.1) is 6.92 Å². The summed E-state index contributed by atoms with van der Waals surface area (Å²) in [6, 6.07) is 6.87. The summed E-state index contributed by atoms with van der Waals surface area (Å²) < 4.78 is 6.33. The van der Waals surface area contributed by atoms with Gasteiger partial charge in [-0.3, -0.25) is 0 Å². The van der Waals surface area contributed by atoms with E-state index in [1.807, 2.05) is 6.92 Å². The van der Waals surface area contributed by atoms with Crippen LogP contribution in [0.15, 0.2) is 30.5 Å². The number of fused-ring (bicyclic) bond motifs is 1. The first-order valence-electron chi connectivity index (χ1n) is 6.40. The molecule has 2 aromatic heterocycles. The number of methoxy groups -OCH3 is 1. The number of aryl methyl sites for hydroxylation is 1. The van der Waals surface area contributed by atoms with E-state index in [4.69, 9.17) is 23.2 Å². The number of esters is 1. The van der Waals surface area contributed by atoms with E-state index in [1.165, 1.54) is 13.3 Å². The van der Waals surface area contributed by atoms with Gasteiger partial charge in [-0.1, -0.05) is 23.2 Å². The van der Waals surface area contributed by atoms with Crippen LogP contribution in [-0.4, -0.2) is 27.7 Å². The van der Waals surface area contributed by atoms with Crippen molar-refractivity contribution in [3.8, 4) is 11.3 Å². The lowest BCUT2D eigenvalue weighted by Crippen LogP contribution is -2.04. The third kappa shape index (κ3) is 2.53. The van der Waals surface area contributed by atoms with Crippen molar-refractivity contribution in [1.82, 2.24) is 14.6 Å². The molecular weight excluding hydrogens is 325 g/mol. The molecule has 22 heavy (non-hydrogen) atoms. The normalized spacial score (nSPS) is 10.9. The maximum Gasteiger partial charge on any atom is 0.339 e. The first kappa shape index (κ1) is 14.8. The van der Waals surface area contributed by atoms with Gasteiger partial charge in [0.05, 0.1) is 30.3 Å². The molecule has 0 radical (unpaired) electrons. The Labute approximate surface area is 136 Å². The van der Waals surface area contributed by atoms with E-state index in [2.05, 4.69) is 14.8 Å². The molecule has 0 bridgehead atoms. The Balaban J connectivity index is 2.22. The molecule has 0 fully saturated rings. The van der Waals surface area contributed by atoms with Gasteiger partial charge in [-0.05, 0) is 31.2 Å². The lowest BCUT2D eigenvalue weighted by atomic mass is 10.1. The molecule has 112 valence electrons. The van der Waals surface area contributed by atoms with Crippen LogP contribution in [0.5, 0.6) is 0 Å². The quantitative estimate of drug-likeness (QED) is 0.668. The molecule has 3 rings (SSSR count). The molecule has 5 nitrogen and oxygen atoms in total. The number of ether oxygens (including phenoxy) is 1. The van der Waals surface area contributed by atoms with Gasteiger partial charge in [-0.2, -0.15) is 5.10 Å². The van der Waals surface area contributed by atoms with Crippen molar-refractivity contribution in [2.24, 2.45) is 0 Å². The Morgan fingerprint density at radius 2 is 1.86 bits per heavy atom. The second-order valence-electron chi connectivity index (χ2n) is 4.71. The van der Waals surface area contributed by atoms with Crippen molar-refractivity contribution in [1.29, 1.82) is 0 Å². The monoisotopic (exact) mass is 335 g/mol. The fraction of sp³-hybridized carbons (Fsp3) is 0.133. The zero-order valence-corrected chi connectivity index (χ0v) is 13.3. The molecule has 0 saturated carbocycles. The fourth-order valence-electron chi connectivity index (χ4n) is 2.30. The summed E-state index contributed by atoms with van der Waals surface area (Å²) in [6.07, 6.45) is 1.44. The van der Waals surface area contributed by atoms with Gasteiger partial charge in [-0.15, -0.1) is 0 Å². The first-order chi connectivity index (χ1) is 10.5. The van der Waals surface area contributed by atoms with Gasteiger partial charge in [-0.25, -0.2) is 14.3 Å². The third-order valence-electron chi connectivity index (χ3n) is 3.21. The molecule has 7 heteroatoms. The van der Waals surface area contributed by atoms with Crippen molar-refractivity contribution < 1.29 is 9.53 Å². The largest absolute Gasteiger partial charge is 0.465 e. The molecule has 2 heterocycles. The molecule has 0 aliphatic rings. The van der Waals surface area contributed by atoms with Crippen LogP contribution >= 0.6 is 23.2 Å². The van der Waals surface area contributed by atoms with E-state index in [9.17, 15) is 4.79 Å². The van der Waals surface area contributed by atoms with Gasteiger partial charge in [0.1, 0.15) is 0 Å². The van der Waals surface area contributed by atoms with E-state index in [-0.39, 0.29) is 0 Å². The van der Waals surface area contributed by atoms with Crippen molar-refractivity contribution in [3.63, 3.8) is 0 Å². The van der Waals surface area contributed by atoms with E-state index in [1.54, 1.807) is 28.8 Å². The number of nitrogens with zero attached hydrogens (tertiary/aromatic N) is 3. The highest BCUT2D eigenvalue weighted by Crippen LogP contribution is 2.29. The zero-order chi connectivity index (χ0) is 15.9. The topological polar surface area (TPSA) is 56.5 Å². The first-order valence-corrected chi connectivity index (χ1v) is 7.15. The third-order valence-corrected chi connectivity index (χ3v) is 3.64. The Kier molecular flexibility index (Phi) is 3.76. The van der Waals surface area contributed by atoms with E-state index < -0.39 is 5.97 Å². The molecule has 0 atom stereocenters. The zero-order valence-electron chi connectivity index (χ0n) is 11.8. The molecular formula is C15H11Cl2N3O2. The van der Waals surface area contributed by atoms with E-state index in [0.29, 0.717) is 21.3 Å². The number of imidazole rings is 1. The summed E-state index contributed by atoms with van der Waals surface area (Å²) in [5.41, 5.74) is 3.23. The lowest BCUT2D eigenvalue weighted by molar-refractivity contribution is 0.0600. The van der Waals surface area contributed by atoms with Crippen molar-refractivity contribution in [2.75, 3.05) is 7.11 Å². The van der Waals surface area contributed by atoms with Gasteiger partial charge in [0.25, 0.3) is 0 Å². The molecule has 0 saturated heterocycles. The highest BCUT2D eigenvalue weighted by Gasteiger charge is 2.15. The second-order valence-corrected chi connectivity index (χ2v) is 5.58. The van der Waals surface area contributed by atoms with Crippen molar-refractivity contribution in [2.45, 2.75) is 6.92 Å². The highest BCUT2D eigenvalue weighted by molar-refractivity contribution is 6.35. The Morgan fingerprint density at radius 1 is 1.18 bits per heavy atom. The second kappa shape index (κ2) is 5.59. The number of halogens is 2. The SMILES string of the molecule is COC(=O)c1cnn2c(-c3cc(Cl)cc(Cl)c3)c(C)nc2c1. The summed E-state index contributed by atoms with van der Waals surface area (Å²) in [5, 5.41) is 5.34. The maximum atomic E-state index is 11.6. The van der Waals surface area contributed by atoms with Gasteiger partial charge in [0.15, 0.2) is 5.65 Å². The summed E-state index contributed by atoms with van der Waals surface area (Å²) in [7, 11) is 1.32. The fourth-order valence-corrected chi connectivity index (χ4v) is 2.82. The van der Waals surface area contributed by atoms with Crippen LogP contribution in [0.1, 0.15) is 16.1 Å². The smallest absolute Gasteiger partial charge is 0.339 e. The van der Waals surface area contributed by atoms with Crippen LogP contribution in [0.2, 0.25) is 10.0 Å². The number of aromatic nitrogens is 3. The standard InChI is InChI=1S/C15H11Cl2N3O2/c1-8-14(9-3-11(16)6-12(17)4-9)20-13(19-8)5-10(7-18-20)15(21)22-2/h3-7H,1-2H3. The lowest BCUT2D eigenvalue weighted by Gasteiger charge is -2.05. The Bertz CT molecular complexity index is 870. The molecule has 0 aliphatic heterocycles. The predicted octanol–water partition coefficient (Wildman–Crippen LogP) is 3.80. The van der Waals surface area contributed by atoms with Crippen LogP contribution in [0.3, 0.4) is 0 Å². The average Bonchev–Trinajstić information content (AvgIpc) is 2.80. The van der Waals surface area contributed by atoms with E-state index in [0.717, 1.165) is 17.0 Å². The summed E-state index contributed by atoms with van der Waals surface area (Å²) in [5.74, 6) is -0.456. The van der Waals surface area contributed by atoms with E-state index >= 15 is 0 Å². The molecule has 0 unspecified atom stereocenters. The van der Waals surface area contributed by atoms with Crippen molar-refractivity contribution in [3.05, 3.63) is 51.8 Å². The summed E-state index contributed by atoms with van der Waals surface area (Å²) in [4.78, 5) is 16.0. The maximum absolute atomic E-state index is 11.6. The number of rotatable bonds is 2. The number of carbonyl (C=O) groups is 1. The van der Waals surface area contributed by atoms with Crippen LogP contribution < -0.4 is 0 Å². The molecule has 0 amide bonds. The number of hydrogen-bond donors (Lipinski definition) is 0. The van der Waals surface area contributed by atoms with Crippen LogP contribution in [0.4, 0.5) is 0 Å². The van der Waals surface area contributed by atoms with Gasteiger partial charge >= 0.3 is 5.97 Å². The van der Waals surface area contributed by atoms with Crippen LogP contribution in [-0.2, 0) is 4.74 Å². The Morgan fingerprint density at radius 3 is 2.50 bits per heavy atom. The number of hydrogen-bond acceptors (Lipinski definition) is 4. The predicted molar refractivity (Wildman–Crippen MR) is 84.5 cm³/mol. The summed E-state index contributed by atoms with van der Waals surface area (Å²) in [6.45, 7) is 1.86. The van der Waals surface area contributed by atoms with Gasteiger partial charge in [0.2, 0.25) is 0 Å². The highest BCUT2D eigenvalue weighted by atomic mass is 35.5. The minimum atomic E-state index is -0.456. The minimum absolute atomic E-state index is 0.343. The number of benzene rings is 1. The van der Waals surface area contributed by atoms with Gasteiger partial charge in [0, 0.05) is 15.6 Å². The Hall–Kier alpha value is -2.11. The number of carbonyl (C=O) groups excluding carboxylic acids is 1. The molecule has 0 spiro atoms. The molecule has 1 aromatic carbocycles. The average molecular weight is 336 g/mol. The van der Waals surface area contributed by atoms with Crippen LogP contribution in [0.25, 0.3) is 16.9 Å². The van der Waals surface area contributed by atoms with Gasteiger partial charge < -0.3 is 4.74 Å². The molecule has 0 aliphatic carbocycles.